The molecule has 1 aromatic carbocycles. The molecule has 0 saturated carbocycles. The number of carbonyl (C=O) groups is 2. The fraction of sp³-hybridized carbons (Fsp3) is 0.692. The number of aliphatic hydroxyl groups is 1. The molecule has 8 aliphatic rings. The molecule has 9 nitrogen and oxygen atoms in total. The van der Waals surface area contributed by atoms with Crippen LogP contribution in [0.25, 0.3) is 0 Å². The minimum atomic E-state index is -1.15. The van der Waals surface area contributed by atoms with E-state index in [-0.39, 0.29) is 71.8 Å². The fourth-order valence-corrected chi connectivity index (χ4v) is 7.18. The first-order valence-electron chi connectivity index (χ1n) is 12.5. The third kappa shape index (κ3) is 3.32. The lowest BCUT2D eigenvalue weighted by atomic mass is 9.87. The summed E-state index contributed by atoms with van der Waals surface area (Å²) >= 11 is 0. The minimum Gasteiger partial charge on any atom is -0.478 e. The molecule has 0 radical (unpaired) electrons. The van der Waals surface area contributed by atoms with Gasteiger partial charge in [-0.3, -0.25) is 0 Å². The highest BCUT2D eigenvalue weighted by molar-refractivity contribution is 6.02. The molecule has 2 N–H and O–H groups in total. The topological polar surface area (TPSA) is 121 Å². The Balaban J connectivity index is 0.000000159. The number of hydrogen-bond donors (Lipinski definition) is 2. The van der Waals surface area contributed by atoms with Crippen molar-refractivity contribution in [1.82, 2.24) is 0 Å². The Morgan fingerprint density at radius 1 is 0.686 bits per heavy atom. The van der Waals surface area contributed by atoms with E-state index in [1.165, 1.54) is 12.1 Å². The Bertz CT molecular complexity index is 994. The van der Waals surface area contributed by atoms with Crippen molar-refractivity contribution in [2.24, 2.45) is 23.7 Å². The Morgan fingerprint density at radius 2 is 1.17 bits per heavy atom. The molecular formula is C26H32O9. The molecule has 1 aromatic rings. The van der Waals surface area contributed by atoms with E-state index >= 15 is 0 Å². The molecule has 3 unspecified atom stereocenters. The summed E-state index contributed by atoms with van der Waals surface area (Å²) < 4.78 is 29.0. The van der Waals surface area contributed by atoms with Crippen LogP contribution >= 0.6 is 0 Å². The molecule has 0 spiro atoms. The van der Waals surface area contributed by atoms with Crippen LogP contribution in [0.5, 0.6) is 0 Å². The van der Waals surface area contributed by atoms with Gasteiger partial charge in [0, 0.05) is 23.7 Å². The number of esters is 1. The summed E-state index contributed by atoms with van der Waals surface area (Å²) in [7, 11) is 0. The van der Waals surface area contributed by atoms with Crippen molar-refractivity contribution in [3.8, 4) is 0 Å². The van der Waals surface area contributed by atoms with Crippen molar-refractivity contribution >= 4 is 11.9 Å². The molecule has 35 heavy (non-hydrogen) atoms. The van der Waals surface area contributed by atoms with E-state index in [1.807, 2.05) is 6.92 Å². The van der Waals surface area contributed by atoms with Crippen molar-refractivity contribution in [3.63, 3.8) is 0 Å². The summed E-state index contributed by atoms with van der Waals surface area (Å²) in [4.78, 5) is 23.7. The zero-order valence-corrected chi connectivity index (χ0v) is 20.1. The summed E-state index contributed by atoms with van der Waals surface area (Å²) in [5, 5.41) is 18.9. The largest absolute Gasteiger partial charge is 0.478 e. The number of carboxylic acids is 1. The van der Waals surface area contributed by atoms with Crippen molar-refractivity contribution in [1.29, 1.82) is 0 Å². The van der Waals surface area contributed by atoms with Gasteiger partial charge in [-0.05, 0) is 12.1 Å². The molecule has 0 aromatic heterocycles. The van der Waals surface area contributed by atoms with Crippen LogP contribution in [0, 0.1) is 23.7 Å². The van der Waals surface area contributed by atoms with Crippen LogP contribution in [0.3, 0.4) is 0 Å². The van der Waals surface area contributed by atoms with Crippen molar-refractivity contribution in [3.05, 3.63) is 35.4 Å². The second-order valence-electron chi connectivity index (χ2n) is 10.9. The van der Waals surface area contributed by atoms with E-state index in [9.17, 15) is 19.8 Å². The predicted molar refractivity (Wildman–Crippen MR) is 120 cm³/mol. The average molecular weight is 489 g/mol. The number of benzene rings is 1. The first-order chi connectivity index (χ1) is 16.7. The average Bonchev–Trinajstić information content (AvgIpc) is 3.46. The third-order valence-corrected chi connectivity index (χ3v) is 8.99. The van der Waals surface area contributed by atoms with E-state index in [4.69, 9.17) is 23.7 Å². The molecule has 8 aliphatic heterocycles. The van der Waals surface area contributed by atoms with Gasteiger partial charge >= 0.3 is 11.9 Å². The summed E-state index contributed by atoms with van der Waals surface area (Å²) in [5.41, 5.74) is -0.00812. The standard InChI is InChI=1S/C17H18O6.C9H14O3/c1-7-11-8(2)13-15(14(21-11)12(7)22-13)23-17(20)10-6-4-3-5-9(10)16(18)19;1-3-6-4(2)8-9(11-6)5(10)7(3)12-8/h3-8,11-15H,1-2H3,(H,18,19);3-10H,1-2H3/t7-,8+,11?,12?,13-,14-,15-;3-,4+,5+,6+,7+,8-,9?/m01/s1. The SMILES string of the molecule is C[C@@H]1[C@@H]2OC3[C@@H](O)[C@H]1O[C@@H]3[C@H]2C.C[C@H]1C2O[C@H]3C1O[C@H]([C@@H]3OC(=O)c1ccccc1C(=O)O)[C@@H]2C. The number of aromatic carboxylic acids is 1. The Kier molecular flexibility index (Phi) is 5.50. The number of carbonyl (C=O) groups excluding carboxylic acids is 1. The summed E-state index contributed by atoms with van der Waals surface area (Å²) in [5.74, 6) is -0.561. The van der Waals surface area contributed by atoms with Crippen LogP contribution in [-0.2, 0) is 23.7 Å². The van der Waals surface area contributed by atoms with Crippen LogP contribution < -0.4 is 0 Å². The summed E-state index contributed by atoms with van der Waals surface area (Å²) in [6.45, 7) is 8.38. The van der Waals surface area contributed by atoms with Crippen LogP contribution in [-0.4, -0.2) is 83.2 Å². The summed E-state index contributed by atoms with van der Waals surface area (Å²) in [6.07, 6.45) is -0.719. The van der Waals surface area contributed by atoms with Gasteiger partial charge in [0.1, 0.15) is 24.4 Å². The Morgan fingerprint density at radius 3 is 1.80 bits per heavy atom. The van der Waals surface area contributed by atoms with E-state index in [1.54, 1.807) is 12.1 Å². The molecule has 0 amide bonds. The monoisotopic (exact) mass is 488 g/mol. The number of rotatable bonds is 3. The van der Waals surface area contributed by atoms with Gasteiger partial charge in [0.15, 0.2) is 6.10 Å². The highest BCUT2D eigenvalue weighted by Gasteiger charge is 2.65. The molecular weight excluding hydrogens is 456 g/mol. The van der Waals surface area contributed by atoms with Gasteiger partial charge in [0.05, 0.1) is 41.6 Å². The van der Waals surface area contributed by atoms with Crippen LogP contribution in [0.2, 0.25) is 0 Å². The first-order valence-corrected chi connectivity index (χ1v) is 12.5. The van der Waals surface area contributed by atoms with E-state index in [2.05, 4.69) is 20.8 Å². The zero-order valence-electron chi connectivity index (χ0n) is 20.1. The lowest BCUT2D eigenvalue weighted by Crippen LogP contribution is -2.49. The number of hydrogen-bond acceptors (Lipinski definition) is 8. The molecule has 8 heterocycles. The third-order valence-electron chi connectivity index (χ3n) is 8.99. The Labute approximate surface area is 203 Å². The molecule has 8 fully saturated rings. The maximum atomic E-state index is 12.5. The predicted octanol–water partition coefficient (Wildman–Crippen LogP) is 1.90. The van der Waals surface area contributed by atoms with Crippen LogP contribution in [0.15, 0.2) is 24.3 Å². The molecule has 9 rings (SSSR count). The maximum absolute atomic E-state index is 12.5. The molecule has 190 valence electrons. The quantitative estimate of drug-likeness (QED) is 0.615. The maximum Gasteiger partial charge on any atom is 0.339 e. The minimum absolute atomic E-state index is 0.0359. The van der Waals surface area contributed by atoms with E-state index < -0.39 is 18.0 Å². The first kappa shape index (κ1) is 23.4. The van der Waals surface area contributed by atoms with Crippen molar-refractivity contribution in [2.75, 3.05) is 0 Å². The van der Waals surface area contributed by atoms with Crippen molar-refractivity contribution < 1.29 is 43.5 Å². The van der Waals surface area contributed by atoms with Gasteiger partial charge < -0.3 is 33.9 Å². The smallest absolute Gasteiger partial charge is 0.339 e. The fourth-order valence-electron chi connectivity index (χ4n) is 7.18. The van der Waals surface area contributed by atoms with Gasteiger partial charge in [0.2, 0.25) is 0 Å². The van der Waals surface area contributed by atoms with Crippen molar-refractivity contribution in [2.45, 2.75) is 88.7 Å². The lowest BCUT2D eigenvalue weighted by molar-refractivity contribution is -0.152. The number of aliphatic hydroxyl groups excluding tert-OH is 1. The molecule has 9 heteroatoms. The normalized spacial score (nSPS) is 49.7. The number of ether oxygens (including phenoxy) is 5. The van der Waals surface area contributed by atoms with E-state index in [0.717, 1.165) is 0 Å². The molecule has 8 bridgehead atoms. The molecule has 14 atom stereocenters. The highest BCUT2D eigenvalue weighted by atomic mass is 16.6. The molecule has 8 saturated heterocycles. The van der Waals surface area contributed by atoms with Gasteiger partial charge in [-0.1, -0.05) is 39.8 Å². The zero-order chi connectivity index (χ0) is 24.8. The second-order valence-corrected chi connectivity index (χ2v) is 10.9. The van der Waals surface area contributed by atoms with Crippen LogP contribution in [0.1, 0.15) is 48.4 Å². The van der Waals surface area contributed by atoms with Crippen LogP contribution in [0.4, 0.5) is 0 Å². The lowest BCUT2D eigenvalue weighted by Gasteiger charge is -2.38. The van der Waals surface area contributed by atoms with Gasteiger partial charge in [-0.2, -0.15) is 0 Å². The molecule has 0 aliphatic carbocycles. The van der Waals surface area contributed by atoms with Gasteiger partial charge in [-0.25, -0.2) is 9.59 Å². The number of carboxylic acid groups (broad SMARTS) is 1. The second kappa shape index (κ2) is 8.24. The summed E-state index contributed by atoms with van der Waals surface area (Å²) in [6, 6.07) is 6.05. The van der Waals surface area contributed by atoms with Gasteiger partial charge in [-0.15, -0.1) is 0 Å². The Hall–Kier alpha value is -2.04. The van der Waals surface area contributed by atoms with Gasteiger partial charge in [0.25, 0.3) is 0 Å². The van der Waals surface area contributed by atoms with E-state index in [0.29, 0.717) is 17.9 Å². The highest BCUT2D eigenvalue weighted by Crippen LogP contribution is 2.51.